The Hall–Kier alpha value is -2.34. The van der Waals surface area contributed by atoms with Crippen molar-refractivity contribution in [3.05, 3.63) is 83.9 Å². The van der Waals surface area contributed by atoms with Gasteiger partial charge in [0.15, 0.2) is 0 Å². The van der Waals surface area contributed by atoms with Crippen molar-refractivity contribution in [1.82, 2.24) is 0 Å². The van der Waals surface area contributed by atoms with E-state index in [1.165, 1.54) is 33.4 Å². The minimum Gasteiger partial charge on any atom is -0.0776 e. The van der Waals surface area contributed by atoms with E-state index < -0.39 is 0 Å². The van der Waals surface area contributed by atoms with Crippen LogP contribution in [0.3, 0.4) is 0 Å². The fourth-order valence-electron chi connectivity index (χ4n) is 3.61. The first-order valence-electron chi connectivity index (χ1n) is 7.48. The molecule has 0 aromatic heterocycles. The zero-order valence-corrected chi connectivity index (χ0v) is 12.4. The monoisotopic (exact) mass is 286 g/mol. The Balaban J connectivity index is 0.00000144. The molecule has 3 aromatic carbocycles. The molecule has 0 radical (unpaired) electrons. The van der Waals surface area contributed by atoms with Crippen molar-refractivity contribution >= 4 is 0 Å². The molecule has 0 aliphatic heterocycles. The first kappa shape index (κ1) is 14.6. The van der Waals surface area contributed by atoms with E-state index in [-0.39, 0.29) is 12.8 Å². The quantitative estimate of drug-likeness (QED) is 0.492. The lowest BCUT2D eigenvalue weighted by Crippen LogP contribution is -2.14. The first-order valence-corrected chi connectivity index (χ1v) is 7.48. The van der Waals surface area contributed by atoms with Crippen molar-refractivity contribution in [2.45, 2.75) is 26.7 Å². The average Bonchev–Trinajstić information content (AvgIpc) is 2.77. The SMILES string of the molecule is C.CC1(C)c2ccccc2-c2c(-c3ccccc3)cccc21. The summed E-state index contributed by atoms with van der Waals surface area (Å²) in [6, 6.07) is 26.2. The van der Waals surface area contributed by atoms with Crippen LogP contribution in [0.1, 0.15) is 32.4 Å². The van der Waals surface area contributed by atoms with E-state index in [0.29, 0.717) is 0 Å². The maximum atomic E-state index is 2.33. The molecule has 22 heavy (non-hydrogen) atoms. The summed E-state index contributed by atoms with van der Waals surface area (Å²) in [6.45, 7) is 4.65. The molecule has 4 rings (SSSR count). The third-order valence-corrected chi connectivity index (χ3v) is 4.69. The molecule has 1 aliphatic carbocycles. The van der Waals surface area contributed by atoms with Crippen LogP contribution >= 0.6 is 0 Å². The van der Waals surface area contributed by atoms with Crippen molar-refractivity contribution in [2.24, 2.45) is 0 Å². The summed E-state index contributed by atoms with van der Waals surface area (Å²) in [5, 5.41) is 0. The summed E-state index contributed by atoms with van der Waals surface area (Å²) in [6.07, 6.45) is 0. The number of hydrogen-bond donors (Lipinski definition) is 0. The number of rotatable bonds is 1. The molecule has 0 heterocycles. The highest BCUT2D eigenvalue weighted by Gasteiger charge is 2.36. The van der Waals surface area contributed by atoms with E-state index in [2.05, 4.69) is 86.6 Å². The van der Waals surface area contributed by atoms with E-state index in [9.17, 15) is 0 Å². The maximum absolute atomic E-state index is 2.33. The van der Waals surface area contributed by atoms with Crippen LogP contribution in [0.15, 0.2) is 72.8 Å². The second-order valence-corrected chi connectivity index (χ2v) is 6.26. The van der Waals surface area contributed by atoms with E-state index in [1.54, 1.807) is 0 Å². The van der Waals surface area contributed by atoms with Gasteiger partial charge in [-0.15, -0.1) is 0 Å². The van der Waals surface area contributed by atoms with E-state index in [1.807, 2.05) is 0 Å². The van der Waals surface area contributed by atoms with Gasteiger partial charge in [0.2, 0.25) is 0 Å². The topological polar surface area (TPSA) is 0 Å². The van der Waals surface area contributed by atoms with Gasteiger partial charge in [-0.2, -0.15) is 0 Å². The molecule has 0 spiro atoms. The Morgan fingerprint density at radius 3 is 1.95 bits per heavy atom. The van der Waals surface area contributed by atoms with Gasteiger partial charge >= 0.3 is 0 Å². The fraction of sp³-hybridized carbons (Fsp3) is 0.182. The second kappa shape index (κ2) is 5.14. The summed E-state index contributed by atoms with van der Waals surface area (Å²) in [5.41, 5.74) is 8.37. The first-order chi connectivity index (χ1) is 10.2. The third-order valence-electron chi connectivity index (χ3n) is 4.69. The molecule has 1 aliphatic rings. The lowest BCUT2D eigenvalue weighted by Gasteiger charge is -2.21. The summed E-state index contributed by atoms with van der Waals surface area (Å²) in [5.74, 6) is 0. The molecule has 0 amide bonds. The van der Waals surface area contributed by atoms with Crippen LogP contribution in [-0.2, 0) is 5.41 Å². The Morgan fingerprint density at radius 2 is 1.18 bits per heavy atom. The van der Waals surface area contributed by atoms with E-state index in [0.717, 1.165) is 0 Å². The summed E-state index contributed by atoms with van der Waals surface area (Å²) in [4.78, 5) is 0. The molecule has 0 heteroatoms. The standard InChI is InChI=1S/C21H18.CH4/c1-21(2)18-13-7-6-11-17(18)20-16(12-8-14-19(20)21)15-9-4-3-5-10-15;/h3-14H,1-2H3;1H4. The van der Waals surface area contributed by atoms with Gasteiger partial charge in [0.1, 0.15) is 0 Å². The molecule has 0 bridgehead atoms. The zero-order valence-electron chi connectivity index (χ0n) is 12.4. The number of fused-ring (bicyclic) bond motifs is 3. The Labute approximate surface area is 133 Å². The number of hydrogen-bond acceptors (Lipinski definition) is 0. The molecule has 0 saturated carbocycles. The van der Waals surface area contributed by atoms with Crippen LogP contribution in [0, 0.1) is 0 Å². The van der Waals surface area contributed by atoms with Crippen LogP contribution in [0.5, 0.6) is 0 Å². The number of benzene rings is 3. The second-order valence-electron chi connectivity index (χ2n) is 6.26. The molecular weight excluding hydrogens is 264 g/mol. The highest BCUT2D eigenvalue weighted by molar-refractivity contribution is 5.92. The van der Waals surface area contributed by atoms with Gasteiger partial charge < -0.3 is 0 Å². The Bertz CT molecular complexity index is 810. The van der Waals surface area contributed by atoms with Crippen molar-refractivity contribution in [3.8, 4) is 22.3 Å². The van der Waals surface area contributed by atoms with Gasteiger partial charge in [-0.05, 0) is 33.4 Å². The summed E-state index contributed by atoms with van der Waals surface area (Å²) >= 11 is 0. The van der Waals surface area contributed by atoms with Gasteiger partial charge in [0.05, 0.1) is 0 Å². The molecule has 3 aromatic rings. The highest BCUT2D eigenvalue weighted by atomic mass is 14.4. The molecule has 0 N–H and O–H groups in total. The lowest BCUT2D eigenvalue weighted by atomic mass is 9.82. The van der Waals surface area contributed by atoms with Crippen molar-refractivity contribution in [3.63, 3.8) is 0 Å². The van der Waals surface area contributed by atoms with E-state index >= 15 is 0 Å². The largest absolute Gasteiger partial charge is 0.0776 e. The lowest BCUT2D eigenvalue weighted by molar-refractivity contribution is 0.660. The zero-order chi connectivity index (χ0) is 14.4. The molecule has 110 valence electrons. The van der Waals surface area contributed by atoms with Gasteiger partial charge in [-0.25, -0.2) is 0 Å². The van der Waals surface area contributed by atoms with Gasteiger partial charge in [0.25, 0.3) is 0 Å². The maximum Gasteiger partial charge on any atom is 0.0159 e. The Morgan fingerprint density at radius 1 is 0.591 bits per heavy atom. The molecule has 0 saturated heterocycles. The van der Waals surface area contributed by atoms with Crippen LogP contribution in [0.2, 0.25) is 0 Å². The smallest absolute Gasteiger partial charge is 0.0159 e. The highest BCUT2D eigenvalue weighted by Crippen LogP contribution is 2.51. The minimum absolute atomic E-state index is 0. The molecule has 0 atom stereocenters. The van der Waals surface area contributed by atoms with Crippen LogP contribution in [0.4, 0.5) is 0 Å². The molecule has 0 nitrogen and oxygen atoms in total. The summed E-state index contributed by atoms with van der Waals surface area (Å²) < 4.78 is 0. The van der Waals surface area contributed by atoms with Crippen molar-refractivity contribution < 1.29 is 0 Å². The molecule has 0 unspecified atom stereocenters. The fourth-order valence-corrected chi connectivity index (χ4v) is 3.61. The van der Waals surface area contributed by atoms with Crippen molar-refractivity contribution in [1.29, 1.82) is 0 Å². The molecular formula is C22H22. The predicted molar refractivity (Wildman–Crippen MR) is 96.2 cm³/mol. The third kappa shape index (κ3) is 1.91. The Kier molecular flexibility index (Phi) is 3.41. The predicted octanol–water partition coefficient (Wildman–Crippen LogP) is 6.30. The minimum atomic E-state index is 0. The van der Waals surface area contributed by atoms with Crippen molar-refractivity contribution in [2.75, 3.05) is 0 Å². The van der Waals surface area contributed by atoms with Gasteiger partial charge in [-0.3, -0.25) is 0 Å². The average molecular weight is 286 g/mol. The molecule has 0 fully saturated rings. The van der Waals surface area contributed by atoms with Gasteiger partial charge in [-0.1, -0.05) is 94.1 Å². The van der Waals surface area contributed by atoms with E-state index in [4.69, 9.17) is 0 Å². The van der Waals surface area contributed by atoms with Crippen LogP contribution < -0.4 is 0 Å². The van der Waals surface area contributed by atoms with Gasteiger partial charge in [0, 0.05) is 5.41 Å². The summed E-state index contributed by atoms with van der Waals surface area (Å²) in [7, 11) is 0. The normalized spacial score (nSPS) is 13.9. The van der Waals surface area contributed by atoms with Crippen LogP contribution in [0.25, 0.3) is 22.3 Å². The van der Waals surface area contributed by atoms with Crippen LogP contribution in [-0.4, -0.2) is 0 Å².